The smallest absolute Gasteiger partial charge is 0.384 e. The number of nitrogens with one attached hydrogen (secondary N) is 1. The van der Waals surface area contributed by atoms with E-state index in [4.69, 9.17) is 4.74 Å². The maximum Gasteiger partial charge on any atom is 0.416 e. The molecule has 1 N–H and O–H groups in total. The number of nitrogens with zero attached hydrogens (tertiary/aromatic N) is 2. The minimum atomic E-state index is -4.29. The number of carbonyl (C=O) groups is 1. The molecule has 3 fully saturated rings. The molecule has 2 heterocycles. The number of alkyl halides is 3. The van der Waals surface area contributed by atoms with Crippen LogP contribution in [-0.2, 0) is 15.7 Å². The van der Waals surface area contributed by atoms with Gasteiger partial charge in [0.1, 0.15) is 0 Å². The van der Waals surface area contributed by atoms with Crippen LogP contribution in [-0.4, -0.2) is 62.8 Å². The van der Waals surface area contributed by atoms with Crippen LogP contribution in [0.25, 0.3) is 0 Å². The number of anilines is 1. The molecule has 0 bridgehead atoms. The van der Waals surface area contributed by atoms with Gasteiger partial charge in [0.25, 0.3) is 0 Å². The molecule has 1 aromatic carbocycles. The molecule has 0 spiro atoms. The Morgan fingerprint density at radius 3 is 2.48 bits per heavy atom. The van der Waals surface area contributed by atoms with E-state index in [9.17, 15) is 18.0 Å². The molecule has 5 nitrogen and oxygen atoms in total. The highest BCUT2D eigenvalue weighted by atomic mass is 19.4. The molecule has 8 heteroatoms. The largest absolute Gasteiger partial charge is 0.416 e. The first-order chi connectivity index (χ1) is 15.8. The van der Waals surface area contributed by atoms with E-state index in [0.717, 1.165) is 64.0 Å². The molecule has 0 radical (unpaired) electrons. The van der Waals surface area contributed by atoms with Gasteiger partial charge in [-0.05, 0) is 81.2 Å². The molecule has 33 heavy (non-hydrogen) atoms. The Labute approximate surface area is 194 Å². The summed E-state index contributed by atoms with van der Waals surface area (Å²) in [5.41, 5.74) is 0.322. The van der Waals surface area contributed by atoms with Gasteiger partial charge in [-0.15, -0.1) is 0 Å². The monoisotopic (exact) mass is 467 g/mol. The maximum absolute atomic E-state index is 12.9. The van der Waals surface area contributed by atoms with Crippen molar-refractivity contribution in [3.05, 3.63) is 29.8 Å². The van der Waals surface area contributed by atoms with Crippen molar-refractivity contribution < 1.29 is 22.7 Å². The maximum atomic E-state index is 12.9. The summed E-state index contributed by atoms with van der Waals surface area (Å²) >= 11 is 0. The summed E-state index contributed by atoms with van der Waals surface area (Å²) in [5, 5.41) is 3.13. The quantitative estimate of drug-likeness (QED) is 0.619. The molecular formula is C25H36F3N3O2. The summed E-state index contributed by atoms with van der Waals surface area (Å²) < 4.78 is 43.6. The number of ether oxygens (including phenoxy) is 1. The lowest BCUT2D eigenvalue weighted by Crippen LogP contribution is -2.38. The number of hydrogen-bond donors (Lipinski definition) is 1. The van der Waals surface area contributed by atoms with E-state index in [1.807, 2.05) is 0 Å². The second kappa shape index (κ2) is 10.6. The normalized spacial score (nSPS) is 28.2. The van der Waals surface area contributed by atoms with Crippen LogP contribution in [0, 0.1) is 11.8 Å². The van der Waals surface area contributed by atoms with Crippen molar-refractivity contribution in [3.8, 4) is 0 Å². The number of hydrogen-bond acceptors (Lipinski definition) is 4. The van der Waals surface area contributed by atoms with Crippen molar-refractivity contribution in [2.24, 2.45) is 11.8 Å². The summed E-state index contributed by atoms with van der Waals surface area (Å²) in [4.78, 5) is 16.7. The van der Waals surface area contributed by atoms with Crippen LogP contribution in [0.2, 0.25) is 0 Å². The number of halogens is 3. The first kappa shape index (κ1) is 24.3. The number of amides is 1. The lowest BCUT2D eigenvalue weighted by Gasteiger charge is -2.31. The van der Waals surface area contributed by atoms with Crippen molar-refractivity contribution in [2.45, 2.75) is 63.2 Å². The van der Waals surface area contributed by atoms with E-state index < -0.39 is 11.7 Å². The third kappa shape index (κ3) is 6.21. The fourth-order valence-corrected chi connectivity index (χ4v) is 5.85. The van der Waals surface area contributed by atoms with Crippen molar-refractivity contribution in [1.82, 2.24) is 10.2 Å². The summed E-state index contributed by atoms with van der Waals surface area (Å²) in [5.74, 6) is 1.40. The van der Waals surface area contributed by atoms with E-state index in [1.165, 1.54) is 18.6 Å². The van der Waals surface area contributed by atoms with Crippen LogP contribution in [0.15, 0.2) is 24.3 Å². The van der Waals surface area contributed by atoms with Gasteiger partial charge in [-0.25, -0.2) is 0 Å². The average molecular weight is 468 g/mol. The Morgan fingerprint density at radius 2 is 1.82 bits per heavy atom. The average Bonchev–Trinajstić information content (AvgIpc) is 3.37. The lowest BCUT2D eigenvalue weighted by molar-refractivity contribution is -0.137. The third-order valence-corrected chi connectivity index (χ3v) is 7.75. The van der Waals surface area contributed by atoms with Gasteiger partial charge in [-0.3, -0.25) is 4.79 Å². The molecule has 2 aliphatic heterocycles. The van der Waals surface area contributed by atoms with Crippen molar-refractivity contribution >= 4 is 11.6 Å². The Kier molecular flexibility index (Phi) is 7.84. The topological polar surface area (TPSA) is 44.8 Å². The van der Waals surface area contributed by atoms with Gasteiger partial charge in [0.15, 0.2) is 0 Å². The molecule has 1 saturated carbocycles. The first-order valence-corrected chi connectivity index (χ1v) is 12.3. The zero-order valence-electron chi connectivity index (χ0n) is 19.4. The van der Waals surface area contributed by atoms with Crippen LogP contribution in [0.5, 0.6) is 0 Å². The van der Waals surface area contributed by atoms with Crippen molar-refractivity contribution in [3.63, 3.8) is 0 Å². The van der Waals surface area contributed by atoms with Crippen LogP contribution in [0.4, 0.5) is 18.9 Å². The van der Waals surface area contributed by atoms with E-state index >= 15 is 0 Å². The molecular weight excluding hydrogens is 431 g/mol. The molecule has 0 aromatic heterocycles. The molecule has 0 unspecified atom stereocenters. The van der Waals surface area contributed by atoms with Crippen molar-refractivity contribution in [2.75, 3.05) is 44.8 Å². The number of benzene rings is 1. The molecule has 184 valence electrons. The number of methoxy groups -OCH3 is 1. The molecule has 1 aliphatic carbocycles. The number of carbonyl (C=O) groups excluding carboxylic acids is 1. The van der Waals surface area contributed by atoms with E-state index in [0.29, 0.717) is 36.9 Å². The van der Waals surface area contributed by atoms with Crippen LogP contribution in [0.3, 0.4) is 0 Å². The standard InChI is InChI=1S/C25H36F3N3O2/c1-33-15-12-24(32)29-21-6-2-18(3-7-21)10-13-30-16-19-11-14-31(23(19)17-30)22-8-4-20(5-9-22)25(26,27)28/h4-5,8-9,18-19,21,23H,2-3,6-7,10-17H2,1H3,(H,29,32)/t18-,19-,21-,23+/m0/s1. The third-order valence-electron chi connectivity index (χ3n) is 7.75. The molecule has 1 amide bonds. The Balaban J connectivity index is 1.20. The molecule has 3 aliphatic rings. The first-order valence-electron chi connectivity index (χ1n) is 12.3. The van der Waals surface area contributed by atoms with Crippen LogP contribution >= 0.6 is 0 Å². The molecule has 2 saturated heterocycles. The fourth-order valence-electron chi connectivity index (χ4n) is 5.85. The van der Waals surface area contributed by atoms with Crippen molar-refractivity contribution in [1.29, 1.82) is 0 Å². The predicted octanol–water partition coefficient (Wildman–Crippen LogP) is 4.32. The molecule has 2 atom stereocenters. The van der Waals surface area contributed by atoms with Gasteiger partial charge >= 0.3 is 6.18 Å². The van der Waals surface area contributed by atoms with Gasteiger partial charge in [-0.1, -0.05) is 0 Å². The van der Waals surface area contributed by atoms with Crippen LogP contribution < -0.4 is 10.2 Å². The predicted molar refractivity (Wildman–Crippen MR) is 122 cm³/mol. The SMILES string of the molecule is COCCC(=O)N[C@H]1CC[C@H](CCN2C[C@@H]3CCN(c4ccc(C(F)(F)F)cc4)[C@@H]3C2)CC1. The zero-order valence-corrected chi connectivity index (χ0v) is 19.4. The summed E-state index contributed by atoms with van der Waals surface area (Å²) in [7, 11) is 1.61. The highest BCUT2D eigenvalue weighted by Crippen LogP contribution is 2.37. The van der Waals surface area contributed by atoms with Gasteiger partial charge in [0.05, 0.1) is 12.2 Å². The van der Waals surface area contributed by atoms with E-state index in [-0.39, 0.29) is 5.91 Å². The minimum absolute atomic E-state index is 0.0847. The molecule has 4 rings (SSSR count). The lowest BCUT2D eigenvalue weighted by atomic mass is 9.84. The Morgan fingerprint density at radius 1 is 1.09 bits per heavy atom. The number of likely N-dealkylation sites (tertiary alicyclic amines) is 1. The summed E-state index contributed by atoms with van der Waals surface area (Å²) in [6.07, 6.45) is 2.86. The Hall–Kier alpha value is -1.80. The van der Waals surface area contributed by atoms with Gasteiger partial charge in [-0.2, -0.15) is 13.2 Å². The highest BCUT2D eigenvalue weighted by molar-refractivity contribution is 5.76. The van der Waals surface area contributed by atoms with Gasteiger partial charge < -0.3 is 19.9 Å². The highest BCUT2D eigenvalue weighted by Gasteiger charge is 2.41. The second-order valence-corrected chi connectivity index (χ2v) is 9.93. The van der Waals surface area contributed by atoms with Crippen LogP contribution in [0.1, 0.15) is 50.5 Å². The number of rotatable bonds is 8. The zero-order chi connectivity index (χ0) is 23.4. The van der Waals surface area contributed by atoms with Gasteiger partial charge in [0.2, 0.25) is 5.91 Å². The molecule has 1 aromatic rings. The van der Waals surface area contributed by atoms with E-state index in [1.54, 1.807) is 19.2 Å². The summed E-state index contributed by atoms with van der Waals surface area (Å²) in [6.45, 7) is 4.57. The van der Waals surface area contributed by atoms with Gasteiger partial charge in [0, 0.05) is 50.9 Å². The summed E-state index contributed by atoms with van der Waals surface area (Å²) in [6, 6.07) is 6.35. The Bertz CT molecular complexity index is 778. The second-order valence-electron chi connectivity index (χ2n) is 9.93. The van der Waals surface area contributed by atoms with E-state index in [2.05, 4.69) is 15.1 Å². The minimum Gasteiger partial charge on any atom is -0.384 e. The number of fused-ring (bicyclic) bond motifs is 1. The fraction of sp³-hybridized carbons (Fsp3) is 0.720.